The molecule has 1 N–H and O–H groups in total. The molecular weight excluding hydrogens is 416 g/mol. The molecule has 0 aliphatic carbocycles. The summed E-state index contributed by atoms with van der Waals surface area (Å²) in [6.07, 6.45) is 4.16. The summed E-state index contributed by atoms with van der Waals surface area (Å²) in [6.45, 7) is 11.0. The second-order valence-corrected chi connectivity index (χ2v) is 9.97. The number of benzene rings is 1. The van der Waals surface area contributed by atoms with Crippen molar-refractivity contribution in [2.24, 2.45) is 0 Å². The predicted molar refractivity (Wildman–Crippen MR) is 131 cm³/mol. The zero-order valence-electron chi connectivity index (χ0n) is 19.2. The minimum absolute atomic E-state index is 0.0176. The first-order chi connectivity index (χ1) is 15.6. The standard InChI is InChI=1S/C26H32N4OS/c1-4-13-27-26(31)30-16-21-20-12-15-28(5-2)17-23(20)32-25(21)29-14-6-7-22(29)24(30)19-10-8-18(3)9-11-19/h6-11,14,24H,4-5,12-13,15-17H2,1-3H3,(H,27,31). The molecule has 1 atom stereocenters. The Labute approximate surface area is 194 Å². The minimum atomic E-state index is -0.117. The molecule has 0 radical (unpaired) electrons. The Hall–Kier alpha value is -2.57. The summed E-state index contributed by atoms with van der Waals surface area (Å²) < 4.78 is 2.34. The third-order valence-corrected chi connectivity index (χ3v) is 8.03. The number of urea groups is 1. The lowest BCUT2D eigenvalue weighted by molar-refractivity contribution is 0.180. The molecule has 3 aromatic rings. The quantitative estimate of drug-likeness (QED) is 0.592. The van der Waals surface area contributed by atoms with Crippen LogP contribution in [0.4, 0.5) is 4.79 Å². The van der Waals surface area contributed by atoms with E-state index in [1.807, 2.05) is 11.3 Å². The number of carbonyl (C=O) groups excluding carboxylic acids is 1. The number of thiophene rings is 1. The van der Waals surface area contributed by atoms with Crippen LogP contribution < -0.4 is 5.32 Å². The van der Waals surface area contributed by atoms with Crippen LogP contribution in [0.25, 0.3) is 5.00 Å². The second-order valence-electron chi connectivity index (χ2n) is 8.88. The maximum atomic E-state index is 13.5. The second kappa shape index (κ2) is 8.75. The molecular formula is C26H32N4OS. The first kappa shape index (κ1) is 21.3. The van der Waals surface area contributed by atoms with Crippen molar-refractivity contribution in [1.29, 1.82) is 0 Å². The molecule has 1 aromatic carbocycles. The van der Waals surface area contributed by atoms with Crippen LogP contribution >= 0.6 is 11.3 Å². The molecule has 0 saturated heterocycles. The molecule has 0 saturated carbocycles. The predicted octanol–water partition coefficient (Wildman–Crippen LogP) is 5.25. The van der Waals surface area contributed by atoms with Crippen molar-refractivity contribution in [2.75, 3.05) is 19.6 Å². The maximum Gasteiger partial charge on any atom is 0.318 e. The Balaban J connectivity index is 1.65. The van der Waals surface area contributed by atoms with Crippen LogP contribution in [-0.2, 0) is 19.5 Å². The van der Waals surface area contributed by atoms with Gasteiger partial charge in [0.2, 0.25) is 0 Å². The highest BCUT2D eigenvalue weighted by atomic mass is 32.1. The summed E-state index contributed by atoms with van der Waals surface area (Å²) in [4.78, 5) is 19.5. The van der Waals surface area contributed by atoms with Gasteiger partial charge in [-0.25, -0.2) is 4.79 Å². The van der Waals surface area contributed by atoms with Gasteiger partial charge < -0.3 is 14.8 Å². The minimum Gasteiger partial charge on any atom is -0.338 e. The number of carbonyl (C=O) groups is 1. The van der Waals surface area contributed by atoms with Gasteiger partial charge in [0.25, 0.3) is 0 Å². The lowest BCUT2D eigenvalue weighted by Gasteiger charge is -2.32. The lowest BCUT2D eigenvalue weighted by atomic mass is 9.99. The number of amides is 2. The zero-order chi connectivity index (χ0) is 22.2. The van der Waals surface area contributed by atoms with Gasteiger partial charge in [0.05, 0.1) is 18.3 Å². The van der Waals surface area contributed by atoms with Gasteiger partial charge in [-0.15, -0.1) is 11.3 Å². The van der Waals surface area contributed by atoms with Crippen molar-refractivity contribution in [1.82, 2.24) is 19.7 Å². The van der Waals surface area contributed by atoms with E-state index >= 15 is 0 Å². The van der Waals surface area contributed by atoms with E-state index < -0.39 is 0 Å². The number of hydrogen-bond donors (Lipinski definition) is 1. The number of nitrogens with one attached hydrogen (secondary N) is 1. The van der Waals surface area contributed by atoms with Crippen LogP contribution in [0.1, 0.15) is 59.1 Å². The lowest BCUT2D eigenvalue weighted by Crippen LogP contribution is -2.42. The normalized spacial score (nSPS) is 18.0. The Kier molecular flexibility index (Phi) is 5.82. The third-order valence-electron chi connectivity index (χ3n) is 6.77. The van der Waals surface area contributed by atoms with Crippen LogP contribution in [0, 0.1) is 6.92 Å². The van der Waals surface area contributed by atoms with Crippen LogP contribution in [-0.4, -0.2) is 40.0 Å². The van der Waals surface area contributed by atoms with Gasteiger partial charge in [-0.3, -0.25) is 4.90 Å². The molecule has 6 heteroatoms. The summed E-state index contributed by atoms with van der Waals surface area (Å²) in [7, 11) is 0. The van der Waals surface area contributed by atoms with E-state index in [0.29, 0.717) is 13.1 Å². The largest absolute Gasteiger partial charge is 0.338 e. The topological polar surface area (TPSA) is 40.5 Å². The first-order valence-electron chi connectivity index (χ1n) is 11.7. The molecule has 2 aliphatic heterocycles. The summed E-state index contributed by atoms with van der Waals surface area (Å²) in [5.41, 5.74) is 6.34. The van der Waals surface area contributed by atoms with Crippen LogP contribution in [0.2, 0.25) is 0 Å². The molecule has 2 amide bonds. The number of rotatable bonds is 4. The molecule has 2 aliphatic rings. The first-order valence-corrected chi connectivity index (χ1v) is 12.6. The van der Waals surface area contributed by atoms with Gasteiger partial charge in [-0.1, -0.05) is 43.7 Å². The third kappa shape index (κ3) is 3.65. The number of fused-ring (bicyclic) bond motifs is 5. The molecule has 168 valence electrons. The smallest absolute Gasteiger partial charge is 0.318 e. The van der Waals surface area contributed by atoms with Crippen molar-refractivity contribution in [3.05, 3.63) is 75.4 Å². The molecule has 2 aromatic heterocycles. The Bertz CT molecular complexity index is 1110. The van der Waals surface area contributed by atoms with Gasteiger partial charge in [-0.2, -0.15) is 0 Å². The SMILES string of the molecule is CCCNC(=O)N1Cc2c(sc3c2CCN(CC)C3)-n2cccc2C1c1ccc(C)cc1. The van der Waals surface area contributed by atoms with E-state index in [4.69, 9.17) is 0 Å². The van der Waals surface area contributed by atoms with Crippen molar-refractivity contribution in [3.8, 4) is 5.00 Å². The summed E-state index contributed by atoms with van der Waals surface area (Å²) >= 11 is 1.91. The van der Waals surface area contributed by atoms with Gasteiger partial charge in [0.15, 0.2) is 0 Å². The van der Waals surface area contributed by atoms with E-state index in [1.165, 1.54) is 26.6 Å². The summed E-state index contributed by atoms with van der Waals surface area (Å²) in [5, 5.41) is 4.44. The average molecular weight is 449 g/mol. The van der Waals surface area contributed by atoms with Gasteiger partial charge >= 0.3 is 6.03 Å². The van der Waals surface area contributed by atoms with Crippen molar-refractivity contribution in [2.45, 2.75) is 52.7 Å². The van der Waals surface area contributed by atoms with E-state index in [1.54, 1.807) is 0 Å². The number of nitrogens with zero attached hydrogens (tertiary/aromatic N) is 3. The fourth-order valence-electron chi connectivity index (χ4n) is 4.98. The highest BCUT2D eigenvalue weighted by Gasteiger charge is 2.36. The highest BCUT2D eigenvalue weighted by molar-refractivity contribution is 7.15. The molecule has 4 heterocycles. The molecule has 1 unspecified atom stereocenters. The van der Waals surface area contributed by atoms with Crippen LogP contribution in [0.15, 0.2) is 42.6 Å². The molecule has 0 spiro atoms. The molecule has 32 heavy (non-hydrogen) atoms. The number of aryl methyl sites for hydroxylation is 1. The maximum absolute atomic E-state index is 13.5. The average Bonchev–Trinajstić information content (AvgIpc) is 3.39. The fraction of sp³-hybridized carbons (Fsp3) is 0.423. The van der Waals surface area contributed by atoms with E-state index in [2.05, 4.69) is 83.0 Å². The van der Waals surface area contributed by atoms with Crippen LogP contribution in [0.3, 0.4) is 0 Å². The Morgan fingerprint density at radius 3 is 2.69 bits per heavy atom. The van der Waals surface area contributed by atoms with E-state index in [-0.39, 0.29) is 12.1 Å². The Morgan fingerprint density at radius 1 is 1.12 bits per heavy atom. The summed E-state index contributed by atoms with van der Waals surface area (Å²) in [6, 6.07) is 12.8. The zero-order valence-corrected chi connectivity index (χ0v) is 20.0. The number of aromatic nitrogens is 1. The molecule has 0 bridgehead atoms. The van der Waals surface area contributed by atoms with Crippen LogP contribution in [0.5, 0.6) is 0 Å². The van der Waals surface area contributed by atoms with E-state index in [0.717, 1.165) is 43.7 Å². The number of likely N-dealkylation sites (N-methyl/N-ethyl adjacent to an activating group) is 1. The molecule has 5 rings (SSSR count). The van der Waals surface area contributed by atoms with Gasteiger partial charge in [0.1, 0.15) is 5.00 Å². The summed E-state index contributed by atoms with van der Waals surface area (Å²) in [5.74, 6) is 0. The van der Waals surface area contributed by atoms with Gasteiger partial charge in [-0.05, 0) is 49.6 Å². The fourth-order valence-corrected chi connectivity index (χ4v) is 6.38. The Morgan fingerprint density at radius 2 is 1.94 bits per heavy atom. The van der Waals surface area contributed by atoms with Crippen molar-refractivity contribution in [3.63, 3.8) is 0 Å². The highest BCUT2D eigenvalue weighted by Crippen LogP contribution is 2.43. The van der Waals surface area contributed by atoms with E-state index in [9.17, 15) is 4.79 Å². The number of hydrogen-bond acceptors (Lipinski definition) is 3. The van der Waals surface area contributed by atoms with Crippen molar-refractivity contribution >= 4 is 17.4 Å². The molecule has 5 nitrogen and oxygen atoms in total. The van der Waals surface area contributed by atoms with Crippen molar-refractivity contribution < 1.29 is 4.79 Å². The van der Waals surface area contributed by atoms with Gasteiger partial charge in [0, 0.05) is 36.3 Å². The monoisotopic (exact) mass is 448 g/mol. The molecule has 0 fully saturated rings.